The number of hydrogen-bond acceptors (Lipinski definition) is 6. The second-order valence-corrected chi connectivity index (χ2v) is 10.7. The van der Waals surface area contributed by atoms with E-state index in [9.17, 15) is 35.5 Å². The van der Waals surface area contributed by atoms with Crippen molar-refractivity contribution >= 4 is 43.3 Å². The highest BCUT2D eigenvalue weighted by Gasteiger charge is 2.33. The predicted molar refractivity (Wildman–Crippen MR) is 143 cm³/mol. The summed E-state index contributed by atoms with van der Waals surface area (Å²) in [7, 11) is -5.40. The number of fused-ring (bicyclic) bond motifs is 4. The van der Waals surface area contributed by atoms with Crippen LogP contribution in [-0.4, -0.2) is 24.3 Å². The predicted octanol–water partition coefficient (Wildman–Crippen LogP) is 6.78. The lowest BCUT2D eigenvalue weighted by Gasteiger charge is -2.22. The molecule has 2 aromatic heterocycles. The number of benzene rings is 3. The van der Waals surface area contributed by atoms with Crippen LogP contribution in [0.4, 0.5) is 17.1 Å². The van der Waals surface area contributed by atoms with Crippen molar-refractivity contribution in [3.05, 3.63) is 70.4 Å². The van der Waals surface area contributed by atoms with Crippen molar-refractivity contribution in [2.75, 3.05) is 0 Å². The average molecular weight is 586 g/mol. The molecule has 6 rings (SSSR count). The number of rotatable bonds is 5. The van der Waals surface area contributed by atoms with Gasteiger partial charge in [-0.15, -0.1) is 13.2 Å². The summed E-state index contributed by atoms with van der Waals surface area (Å²) < 4.78 is 86.4. The van der Waals surface area contributed by atoms with E-state index in [1.165, 1.54) is 18.2 Å². The van der Waals surface area contributed by atoms with Gasteiger partial charge < -0.3 is 18.5 Å². The zero-order valence-corrected chi connectivity index (χ0v) is 21.8. The van der Waals surface area contributed by atoms with Gasteiger partial charge in [0.1, 0.15) is 17.1 Å². The number of alkyl halides is 3. The summed E-state index contributed by atoms with van der Waals surface area (Å²) in [5.74, 6) is -1.16. The quantitative estimate of drug-likeness (QED) is 0.180. The molecule has 41 heavy (non-hydrogen) atoms. The summed E-state index contributed by atoms with van der Waals surface area (Å²) in [5, 5.41) is 10.1. The van der Waals surface area contributed by atoms with Crippen molar-refractivity contribution in [2.45, 2.75) is 38.1 Å². The molecule has 1 N–H and O–H groups in total. The van der Waals surface area contributed by atoms with E-state index >= 15 is 0 Å². The van der Waals surface area contributed by atoms with E-state index in [0.717, 1.165) is 43.9 Å². The molecule has 0 unspecified atom stereocenters. The SMILES string of the molecule is N#Cc1ccc2c(c1)[nH]c1c2c(=O)c2cc(OC(F)(F)F)c(-c3cccc(OS(=O)(=O)F)c3)cc2n1C1CCCC1. The fraction of sp³-hybridized carbons (Fsp3) is 0.214. The van der Waals surface area contributed by atoms with Crippen molar-refractivity contribution in [1.82, 2.24) is 9.55 Å². The molecule has 0 atom stereocenters. The summed E-state index contributed by atoms with van der Waals surface area (Å²) in [6.45, 7) is 0. The van der Waals surface area contributed by atoms with Crippen LogP contribution in [0, 0.1) is 11.3 Å². The number of nitrogens with zero attached hydrogens (tertiary/aromatic N) is 2. The van der Waals surface area contributed by atoms with Gasteiger partial charge in [0, 0.05) is 22.5 Å². The van der Waals surface area contributed by atoms with E-state index in [1.807, 2.05) is 4.57 Å². The van der Waals surface area contributed by atoms with E-state index in [4.69, 9.17) is 0 Å². The van der Waals surface area contributed by atoms with Crippen LogP contribution < -0.4 is 14.3 Å². The third-order valence-electron chi connectivity index (χ3n) is 7.23. The second kappa shape index (κ2) is 9.52. The molecular weight excluding hydrogens is 566 g/mol. The first-order chi connectivity index (χ1) is 19.4. The Hall–Kier alpha value is -4.57. The maximum atomic E-state index is 13.9. The molecule has 0 spiro atoms. The fourth-order valence-corrected chi connectivity index (χ4v) is 6.01. The molecule has 1 aliphatic carbocycles. The highest BCUT2D eigenvalue weighted by atomic mass is 32.3. The lowest BCUT2D eigenvalue weighted by atomic mass is 10.00. The van der Waals surface area contributed by atoms with Gasteiger partial charge in [0.15, 0.2) is 5.43 Å². The minimum Gasteiger partial charge on any atom is -0.405 e. The molecule has 1 aliphatic rings. The molecule has 3 aromatic carbocycles. The van der Waals surface area contributed by atoms with E-state index in [2.05, 4.69) is 20.0 Å². The van der Waals surface area contributed by atoms with Crippen LogP contribution in [0.5, 0.6) is 11.5 Å². The summed E-state index contributed by atoms with van der Waals surface area (Å²) in [5.41, 5.74) is 1.08. The molecule has 2 heterocycles. The Morgan fingerprint density at radius 1 is 1.02 bits per heavy atom. The van der Waals surface area contributed by atoms with Crippen molar-refractivity contribution < 1.29 is 34.4 Å². The Balaban J connectivity index is 1.72. The maximum absolute atomic E-state index is 13.9. The molecule has 1 fully saturated rings. The van der Waals surface area contributed by atoms with Crippen molar-refractivity contribution in [1.29, 1.82) is 5.26 Å². The second-order valence-electron chi connectivity index (χ2n) is 9.78. The molecule has 13 heteroatoms. The van der Waals surface area contributed by atoms with Gasteiger partial charge in [0.2, 0.25) is 0 Å². The third-order valence-corrected chi connectivity index (χ3v) is 7.63. The molecule has 0 amide bonds. The molecule has 0 bridgehead atoms. The number of H-pyrrole nitrogens is 1. The molecule has 210 valence electrons. The van der Waals surface area contributed by atoms with Crippen LogP contribution in [0.1, 0.15) is 37.3 Å². The molecule has 1 saturated carbocycles. The van der Waals surface area contributed by atoms with Crippen LogP contribution >= 0.6 is 0 Å². The molecule has 0 aliphatic heterocycles. The number of aromatic amines is 1. The number of pyridine rings is 1. The lowest BCUT2D eigenvalue weighted by Crippen LogP contribution is -2.19. The number of hydrogen-bond donors (Lipinski definition) is 1. The first kappa shape index (κ1) is 26.6. The van der Waals surface area contributed by atoms with Crippen molar-refractivity contribution in [2.24, 2.45) is 0 Å². The summed E-state index contributed by atoms with van der Waals surface area (Å²) in [6.07, 6.45) is -1.77. The van der Waals surface area contributed by atoms with Gasteiger partial charge in [-0.2, -0.15) is 13.7 Å². The van der Waals surface area contributed by atoms with Gasteiger partial charge >= 0.3 is 16.9 Å². The minimum absolute atomic E-state index is 0.0172. The molecular formula is C28H19F4N3O5S. The van der Waals surface area contributed by atoms with Gasteiger partial charge in [-0.25, -0.2) is 0 Å². The maximum Gasteiger partial charge on any atom is 0.573 e. The largest absolute Gasteiger partial charge is 0.573 e. The Morgan fingerprint density at radius 3 is 2.46 bits per heavy atom. The minimum atomic E-state index is -5.40. The lowest BCUT2D eigenvalue weighted by molar-refractivity contribution is -0.274. The Morgan fingerprint density at radius 2 is 1.78 bits per heavy atom. The molecule has 0 saturated heterocycles. The Labute approximate surface area is 229 Å². The van der Waals surface area contributed by atoms with Crippen LogP contribution in [0.15, 0.2) is 59.4 Å². The highest BCUT2D eigenvalue weighted by molar-refractivity contribution is 7.81. The van der Waals surface area contributed by atoms with Gasteiger partial charge in [-0.05, 0) is 54.8 Å². The van der Waals surface area contributed by atoms with Crippen LogP contribution in [-0.2, 0) is 10.5 Å². The average Bonchev–Trinajstić information content (AvgIpc) is 3.55. The first-order valence-electron chi connectivity index (χ1n) is 12.5. The first-order valence-corrected chi connectivity index (χ1v) is 13.8. The number of ether oxygens (including phenoxy) is 1. The zero-order valence-electron chi connectivity index (χ0n) is 21.0. The third kappa shape index (κ3) is 4.95. The Kier molecular flexibility index (Phi) is 6.18. The summed E-state index contributed by atoms with van der Waals surface area (Å²) >= 11 is 0. The summed E-state index contributed by atoms with van der Waals surface area (Å²) in [4.78, 5) is 17.1. The van der Waals surface area contributed by atoms with Gasteiger partial charge in [0.25, 0.3) is 0 Å². The smallest absolute Gasteiger partial charge is 0.405 e. The van der Waals surface area contributed by atoms with E-state index in [0.29, 0.717) is 27.6 Å². The van der Waals surface area contributed by atoms with Crippen molar-refractivity contribution in [3.63, 3.8) is 0 Å². The van der Waals surface area contributed by atoms with Crippen LogP contribution in [0.25, 0.3) is 44.0 Å². The summed E-state index contributed by atoms with van der Waals surface area (Å²) in [6, 6.07) is 14.0. The highest BCUT2D eigenvalue weighted by Crippen LogP contribution is 2.42. The number of nitriles is 1. The topological polar surface area (TPSA) is 114 Å². The van der Waals surface area contributed by atoms with Gasteiger partial charge in [-0.3, -0.25) is 4.79 Å². The standard InChI is InChI=1S/C28H19F4N3O5S/c29-28(30,31)39-24-13-21-23(12-20(24)16-4-3-7-18(11-16)40-41(32,37)38)35(17-5-1-2-6-17)27-25(26(21)36)19-9-8-15(14-33)10-22(19)34-27/h3-4,7-13,17,34H,1-2,5-6H2. The normalized spacial score (nSPS) is 14.6. The number of halogens is 4. The van der Waals surface area contributed by atoms with E-state index < -0.39 is 33.8 Å². The fourth-order valence-electron chi connectivity index (χ4n) is 5.67. The van der Waals surface area contributed by atoms with E-state index in [1.54, 1.807) is 18.2 Å². The van der Waals surface area contributed by atoms with Gasteiger partial charge in [-0.1, -0.05) is 34.9 Å². The number of nitrogens with one attached hydrogen (secondary N) is 1. The van der Waals surface area contributed by atoms with Gasteiger partial charge in [0.05, 0.1) is 27.9 Å². The molecule has 0 radical (unpaired) electrons. The van der Waals surface area contributed by atoms with Crippen molar-refractivity contribution in [3.8, 4) is 28.7 Å². The zero-order chi connectivity index (χ0) is 29.1. The number of aromatic nitrogens is 2. The van der Waals surface area contributed by atoms with Crippen LogP contribution in [0.2, 0.25) is 0 Å². The molecule has 8 nitrogen and oxygen atoms in total. The van der Waals surface area contributed by atoms with Crippen LogP contribution in [0.3, 0.4) is 0 Å². The monoisotopic (exact) mass is 585 g/mol. The van der Waals surface area contributed by atoms with E-state index in [-0.39, 0.29) is 27.9 Å². The Bertz CT molecular complexity index is 2070. The molecule has 5 aromatic rings.